The van der Waals surface area contributed by atoms with Gasteiger partial charge in [0.15, 0.2) is 0 Å². The number of imidazole rings is 1. The summed E-state index contributed by atoms with van der Waals surface area (Å²) in [6.07, 6.45) is 10.4. The summed E-state index contributed by atoms with van der Waals surface area (Å²) in [5, 5.41) is 3.93. The highest BCUT2D eigenvalue weighted by molar-refractivity contribution is 6.30. The van der Waals surface area contributed by atoms with Crippen LogP contribution in [0.2, 0.25) is 5.02 Å². The van der Waals surface area contributed by atoms with Crippen molar-refractivity contribution in [3.8, 4) is 0 Å². The van der Waals surface area contributed by atoms with E-state index in [9.17, 15) is 4.79 Å². The van der Waals surface area contributed by atoms with E-state index in [4.69, 9.17) is 11.6 Å². The molecule has 5 rings (SSSR count). The Hall–Kier alpha value is -1.81. The van der Waals surface area contributed by atoms with Crippen molar-refractivity contribution >= 4 is 17.5 Å². The molecule has 5 heteroatoms. The van der Waals surface area contributed by atoms with Gasteiger partial charge in [-0.2, -0.15) is 0 Å². The van der Waals surface area contributed by atoms with Gasteiger partial charge in [-0.3, -0.25) is 4.79 Å². The second kappa shape index (κ2) is 6.66. The fourth-order valence-corrected chi connectivity index (χ4v) is 5.30. The minimum Gasteiger partial charge on any atom is -0.349 e. The fourth-order valence-electron chi connectivity index (χ4n) is 5.17. The number of benzene rings is 1. The topological polar surface area (TPSA) is 46.9 Å². The Balaban J connectivity index is 1.19. The molecule has 0 radical (unpaired) electrons. The van der Waals surface area contributed by atoms with Crippen LogP contribution in [0.3, 0.4) is 0 Å². The molecule has 1 N–H and O–H groups in total. The second-order valence-corrected chi connectivity index (χ2v) is 8.98. The largest absolute Gasteiger partial charge is 0.349 e. The van der Waals surface area contributed by atoms with Gasteiger partial charge in [0, 0.05) is 34.8 Å². The molecule has 2 aromatic rings. The van der Waals surface area contributed by atoms with Gasteiger partial charge in [-0.15, -0.1) is 0 Å². The first kappa shape index (κ1) is 17.3. The molecule has 1 aromatic carbocycles. The SMILES string of the molecule is CCC(NC(=O)c1ccc(Cl)cc1)C1C2CC(n3cnc(C4CC4)c3)CC21. The molecule has 3 saturated carbocycles. The third-order valence-electron chi connectivity index (χ3n) is 6.85. The van der Waals surface area contributed by atoms with E-state index in [1.54, 1.807) is 24.3 Å². The highest BCUT2D eigenvalue weighted by atomic mass is 35.5. The molecule has 0 spiro atoms. The predicted octanol–water partition coefficient (Wildman–Crippen LogP) is 4.82. The van der Waals surface area contributed by atoms with E-state index in [2.05, 4.69) is 28.0 Å². The Labute approximate surface area is 165 Å². The minimum absolute atomic E-state index is 0.0173. The highest BCUT2D eigenvalue weighted by Crippen LogP contribution is 2.62. The predicted molar refractivity (Wildman–Crippen MR) is 106 cm³/mol. The average molecular weight is 384 g/mol. The van der Waals surface area contributed by atoms with Gasteiger partial charge in [0.2, 0.25) is 0 Å². The van der Waals surface area contributed by atoms with Gasteiger partial charge in [-0.25, -0.2) is 4.98 Å². The van der Waals surface area contributed by atoms with Crippen LogP contribution in [0.5, 0.6) is 0 Å². The Morgan fingerprint density at radius 1 is 1.26 bits per heavy atom. The first-order valence-corrected chi connectivity index (χ1v) is 10.6. The summed E-state index contributed by atoms with van der Waals surface area (Å²) in [6, 6.07) is 8.01. The first-order chi connectivity index (χ1) is 13.1. The molecule has 3 unspecified atom stereocenters. The molecule has 4 nitrogen and oxygen atoms in total. The molecule has 0 saturated heterocycles. The molecular weight excluding hydrogens is 358 g/mol. The monoisotopic (exact) mass is 383 g/mol. The van der Waals surface area contributed by atoms with E-state index >= 15 is 0 Å². The molecule has 3 atom stereocenters. The lowest BCUT2D eigenvalue weighted by Crippen LogP contribution is -2.37. The van der Waals surface area contributed by atoms with E-state index in [1.807, 2.05) is 6.33 Å². The van der Waals surface area contributed by atoms with Crippen LogP contribution in [-0.2, 0) is 0 Å². The van der Waals surface area contributed by atoms with Gasteiger partial charge in [-0.05, 0) is 74.1 Å². The zero-order valence-electron chi connectivity index (χ0n) is 15.6. The number of carbonyl (C=O) groups is 1. The summed E-state index contributed by atoms with van der Waals surface area (Å²) in [4.78, 5) is 17.2. The molecule has 1 amide bonds. The lowest BCUT2D eigenvalue weighted by molar-refractivity contribution is 0.0927. The summed E-state index contributed by atoms with van der Waals surface area (Å²) in [5.41, 5.74) is 1.97. The van der Waals surface area contributed by atoms with Gasteiger partial charge in [0.05, 0.1) is 12.0 Å². The second-order valence-electron chi connectivity index (χ2n) is 8.55. The fraction of sp³-hybridized carbons (Fsp3) is 0.545. The summed E-state index contributed by atoms with van der Waals surface area (Å²) < 4.78 is 2.35. The molecule has 3 aliphatic carbocycles. The van der Waals surface area contributed by atoms with Crippen molar-refractivity contribution in [1.29, 1.82) is 0 Å². The number of nitrogens with one attached hydrogen (secondary N) is 1. The van der Waals surface area contributed by atoms with Crippen molar-refractivity contribution in [3.63, 3.8) is 0 Å². The van der Waals surface area contributed by atoms with Gasteiger partial charge in [0.25, 0.3) is 5.91 Å². The third-order valence-corrected chi connectivity index (χ3v) is 7.10. The average Bonchev–Trinajstić information content (AvgIpc) is 3.53. The van der Waals surface area contributed by atoms with Crippen LogP contribution in [0.15, 0.2) is 36.8 Å². The highest BCUT2D eigenvalue weighted by Gasteiger charge is 2.58. The number of nitrogens with zero attached hydrogens (tertiary/aromatic N) is 2. The molecule has 27 heavy (non-hydrogen) atoms. The van der Waals surface area contributed by atoms with Gasteiger partial charge in [0.1, 0.15) is 0 Å². The standard InChI is InChI=1S/C22H26ClN3O/c1-2-19(25-22(27)14-5-7-15(23)8-6-14)21-17-9-16(10-18(17)21)26-11-20(24-12-26)13-3-4-13/h5-8,11-13,16-19,21H,2-4,9-10H2,1H3,(H,25,27). The van der Waals surface area contributed by atoms with E-state index in [-0.39, 0.29) is 11.9 Å². The number of hydrogen-bond donors (Lipinski definition) is 1. The van der Waals surface area contributed by atoms with E-state index in [1.165, 1.54) is 31.4 Å². The van der Waals surface area contributed by atoms with Gasteiger partial charge in [-0.1, -0.05) is 18.5 Å². The van der Waals surface area contributed by atoms with Crippen LogP contribution < -0.4 is 5.32 Å². The van der Waals surface area contributed by atoms with Crippen molar-refractivity contribution in [2.24, 2.45) is 17.8 Å². The number of aromatic nitrogens is 2. The summed E-state index contributed by atoms with van der Waals surface area (Å²) in [7, 11) is 0. The van der Waals surface area contributed by atoms with E-state index in [0.29, 0.717) is 22.5 Å². The van der Waals surface area contributed by atoms with Crippen molar-refractivity contribution in [3.05, 3.63) is 53.1 Å². The molecule has 1 heterocycles. The van der Waals surface area contributed by atoms with Crippen LogP contribution in [0, 0.1) is 17.8 Å². The number of fused-ring (bicyclic) bond motifs is 1. The number of amides is 1. The van der Waals surface area contributed by atoms with Crippen LogP contribution in [0.25, 0.3) is 0 Å². The lowest BCUT2D eigenvalue weighted by atomic mass is 9.99. The molecule has 1 aromatic heterocycles. The summed E-state index contributed by atoms with van der Waals surface area (Å²) >= 11 is 5.92. The number of carbonyl (C=O) groups excluding carboxylic acids is 1. The van der Waals surface area contributed by atoms with Gasteiger partial charge >= 0.3 is 0 Å². The zero-order chi connectivity index (χ0) is 18.5. The molecular formula is C22H26ClN3O. The van der Waals surface area contributed by atoms with Crippen molar-refractivity contribution in [1.82, 2.24) is 14.9 Å². The van der Waals surface area contributed by atoms with E-state index < -0.39 is 0 Å². The van der Waals surface area contributed by atoms with E-state index in [0.717, 1.165) is 24.2 Å². The third kappa shape index (κ3) is 3.29. The molecule has 0 aliphatic heterocycles. The molecule has 0 bridgehead atoms. The number of rotatable bonds is 6. The molecule has 3 fully saturated rings. The van der Waals surface area contributed by atoms with Gasteiger partial charge < -0.3 is 9.88 Å². The summed E-state index contributed by atoms with van der Waals surface area (Å²) in [6.45, 7) is 2.18. The lowest BCUT2D eigenvalue weighted by Gasteiger charge is -2.22. The zero-order valence-corrected chi connectivity index (χ0v) is 16.4. The smallest absolute Gasteiger partial charge is 0.251 e. The number of hydrogen-bond acceptors (Lipinski definition) is 2. The Kier molecular flexibility index (Phi) is 4.27. The van der Waals surface area contributed by atoms with Crippen molar-refractivity contribution in [2.75, 3.05) is 0 Å². The van der Waals surface area contributed by atoms with Crippen molar-refractivity contribution < 1.29 is 4.79 Å². The van der Waals surface area contributed by atoms with Crippen molar-refractivity contribution in [2.45, 2.75) is 57.0 Å². The Bertz CT molecular complexity index is 829. The molecule has 142 valence electrons. The normalized spacial score (nSPS) is 30.0. The summed E-state index contributed by atoms with van der Waals surface area (Å²) in [5.74, 6) is 2.87. The van der Waals surface area contributed by atoms with Crippen LogP contribution >= 0.6 is 11.6 Å². The molecule has 3 aliphatic rings. The van der Waals surface area contributed by atoms with Crippen LogP contribution in [0.1, 0.15) is 67.0 Å². The maximum absolute atomic E-state index is 12.6. The maximum Gasteiger partial charge on any atom is 0.251 e. The minimum atomic E-state index is 0.0173. The van der Waals surface area contributed by atoms with Crippen LogP contribution in [0.4, 0.5) is 0 Å². The first-order valence-electron chi connectivity index (χ1n) is 10.2. The Morgan fingerprint density at radius 2 is 1.96 bits per heavy atom. The Morgan fingerprint density at radius 3 is 2.59 bits per heavy atom. The number of halogens is 1. The maximum atomic E-state index is 12.6. The quantitative estimate of drug-likeness (QED) is 0.777. The van der Waals surface area contributed by atoms with Crippen LogP contribution in [-0.4, -0.2) is 21.5 Å².